The Kier molecular flexibility index (Phi) is 4.15. The van der Waals surface area contributed by atoms with Crippen LogP contribution in [-0.2, 0) is 0 Å². The molecule has 0 aromatic heterocycles. The lowest BCUT2D eigenvalue weighted by molar-refractivity contribution is 0.661. The molecule has 92 valence electrons. The van der Waals surface area contributed by atoms with Gasteiger partial charge in [-0.1, -0.05) is 40.7 Å². The highest BCUT2D eigenvalue weighted by atomic mass is 79.9. The Morgan fingerprint density at radius 2 is 2.18 bits per heavy atom. The number of nitrogens with zero attached hydrogens (tertiary/aromatic N) is 1. The predicted octanol–water partition coefficient (Wildman–Crippen LogP) is 4.44. The van der Waals surface area contributed by atoms with Crippen LogP contribution in [0.4, 0.5) is 5.69 Å². The van der Waals surface area contributed by atoms with Gasteiger partial charge in [0.2, 0.25) is 0 Å². The molecule has 0 aliphatic carbocycles. The molecule has 4 heteroatoms. The van der Waals surface area contributed by atoms with Gasteiger partial charge in [-0.25, -0.2) is 0 Å². The summed E-state index contributed by atoms with van der Waals surface area (Å²) in [6.45, 7) is 6.51. The quantitative estimate of drug-likeness (QED) is 0.829. The minimum atomic E-state index is 0.419. The van der Waals surface area contributed by atoms with E-state index >= 15 is 0 Å². The van der Waals surface area contributed by atoms with Crippen molar-refractivity contribution in [2.24, 2.45) is 4.99 Å². The molecule has 0 radical (unpaired) electrons. The average Bonchev–Trinajstić information content (AvgIpc) is 2.22. The fourth-order valence-corrected chi connectivity index (χ4v) is 3.41. The number of nitrogens with one attached hydrogen (secondary N) is 1. The van der Waals surface area contributed by atoms with E-state index in [1.807, 2.05) is 11.8 Å². The molecule has 2 atom stereocenters. The summed E-state index contributed by atoms with van der Waals surface area (Å²) in [7, 11) is 0. The van der Waals surface area contributed by atoms with Crippen molar-refractivity contribution in [3.63, 3.8) is 0 Å². The minimum Gasteiger partial charge on any atom is -0.335 e. The van der Waals surface area contributed by atoms with E-state index in [4.69, 9.17) is 0 Å². The normalized spacial score (nSPS) is 24.4. The summed E-state index contributed by atoms with van der Waals surface area (Å²) in [6.07, 6.45) is 1.16. The maximum absolute atomic E-state index is 4.63. The smallest absolute Gasteiger partial charge is 0.161 e. The zero-order chi connectivity index (χ0) is 12.4. The van der Waals surface area contributed by atoms with Gasteiger partial charge in [0.05, 0.1) is 6.04 Å². The molecule has 1 aliphatic heterocycles. The van der Waals surface area contributed by atoms with Crippen LogP contribution in [0, 0.1) is 6.92 Å². The lowest BCUT2D eigenvalue weighted by Crippen LogP contribution is -2.22. The number of rotatable bonds is 1. The minimum absolute atomic E-state index is 0.419. The van der Waals surface area contributed by atoms with Gasteiger partial charge in [0.25, 0.3) is 0 Å². The molecule has 2 unspecified atom stereocenters. The second kappa shape index (κ2) is 5.44. The average molecular weight is 313 g/mol. The highest BCUT2D eigenvalue weighted by Crippen LogP contribution is 2.27. The third kappa shape index (κ3) is 3.49. The van der Waals surface area contributed by atoms with E-state index in [2.05, 4.69) is 65.2 Å². The van der Waals surface area contributed by atoms with Crippen LogP contribution in [0.5, 0.6) is 0 Å². The van der Waals surface area contributed by atoms with Crippen LogP contribution >= 0.6 is 27.7 Å². The SMILES string of the molecule is Cc1ccc(NC2=NC(C)CC(C)S2)cc1Br. The maximum atomic E-state index is 4.63. The van der Waals surface area contributed by atoms with Gasteiger partial charge in [0, 0.05) is 15.4 Å². The third-order valence-corrected chi connectivity index (χ3v) is 4.63. The molecule has 0 amide bonds. The Bertz CT molecular complexity index is 445. The molecule has 0 spiro atoms. The number of benzene rings is 1. The number of thioether (sulfide) groups is 1. The summed E-state index contributed by atoms with van der Waals surface area (Å²) in [4.78, 5) is 4.63. The zero-order valence-electron chi connectivity index (χ0n) is 10.3. The molecule has 2 rings (SSSR count). The van der Waals surface area contributed by atoms with Crippen LogP contribution in [0.25, 0.3) is 0 Å². The molecule has 1 aliphatic rings. The second-order valence-electron chi connectivity index (χ2n) is 4.54. The van der Waals surface area contributed by atoms with E-state index in [1.54, 1.807) is 0 Å². The summed E-state index contributed by atoms with van der Waals surface area (Å²) in [6, 6.07) is 6.71. The van der Waals surface area contributed by atoms with Gasteiger partial charge in [-0.05, 0) is 38.0 Å². The van der Waals surface area contributed by atoms with Gasteiger partial charge in [-0.15, -0.1) is 0 Å². The van der Waals surface area contributed by atoms with E-state index in [9.17, 15) is 0 Å². The molecule has 0 bridgehead atoms. The molecule has 0 saturated heterocycles. The number of hydrogen-bond acceptors (Lipinski definition) is 3. The molecule has 1 N–H and O–H groups in total. The number of aryl methyl sites for hydroxylation is 1. The Morgan fingerprint density at radius 1 is 1.41 bits per heavy atom. The van der Waals surface area contributed by atoms with Gasteiger partial charge in [0.1, 0.15) is 0 Å². The van der Waals surface area contributed by atoms with E-state index in [-0.39, 0.29) is 0 Å². The van der Waals surface area contributed by atoms with Crippen LogP contribution in [0.2, 0.25) is 0 Å². The molecule has 1 heterocycles. The van der Waals surface area contributed by atoms with Gasteiger partial charge < -0.3 is 5.32 Å². The van der Waals surface area contributed by atoms with Crippen molar-refractivity contribution in [3.8, 4) is 0 Å². The largest absolute Gasteiger partial charge is 0.335 e. The Hall–Kier alpha value is -0.480. The van der Waals surface area contributed by atoms with Crippen molar-refractivity contribution in [2.75, 3.05) is 5.32 Å². The summed E-state index contributed by atoms with van der Waals surface area (Å²) >= 11 is 5.37. The van der Waals surface area contributed by atoms with Crippen molar-refractivity contribution in [2.45, 2.75) is 38.5 Å². The number of anilines is 1. The first kappa shape index (κ1) is 13.0. The van der Waals surface area contributed by atoms with E-state index in [0.717, 1.165) is 21.7 Å². The number of amidine groups is 1. The second-order valence-corrected chi connectivity index (χ2v) is 6.82. The topological polar surface area (TPSA) is 24.4 Å². The summed E-state index contributed by atoms with van der Waals surface area (Å²) < 4.78 is 1.13. The number of aliphatic imine (C=N–C) groups is 1. The van der Waals surface area contributed by atoms with E-state index in [1.165, 1.54) is 5.56 Å². The molecular weight excluding hydrogens is 296 g/mol. The van der Waals surface area contributed by atoms with Gasteiger partial charge >= 0.3 is 0 Å². The standard InChI is InChI=1S/C13H17BrN2S/c1-8-4-5-11(7-12(8)14)16-13-15-9(2)6-10(3)17-13/h4-5,7,9-10H,6H2,1-3H3,(H,15,16). The fourth-order valence-electron chi connectivity index (χ4n) is 1.86. The number of halogens is 1. The predicted molar refractivity (Wildman–Crippen MR) is 81.1 cm³/mol. The van der Waals surface area contributed by atoms with E-state index in [0.29, 0.717) is 11.3 Å². The first-order valence-corrected chi connectivity index (χ1v) is 7.49. The van der Waals surface area contributed by atoms with Crippen molar-refractivity contribution < 1.29 is 0 Å². The fraction of sp³-hybridized carbons (Fsp3) is 0.462. The van der Waals surface area contributed by atoms with Crippen molar-refractivity contribution in [1.82, 2.24) is 0 Å². The molecule has 0 saturated carbocycles. The molecule has 17 heavy (non-hydrogen) atoms. The highest BCUT2D eigenvalue weighted by Gasteiger charge is 2.18. The maximum Gasteiger partial charge on any atom is 0.161 e. The first-order chi connectivity index (χ1) is 8.04. The lowest BCUT2D eigenvalue weighted by Gasteiger charge is -2.23. The number of hydrogen-bond donors (Lipinski definition) is 1. The zero-order valence-corrected chi connectivity index (χ0v) is 12.7. The van der Waals surface area contributed by atoms with Crippen LogP contribution < -0.4 is 5.32 Å². The third-order valence-electron chi connectivity index (χ3n) is 2.75. The molecule has 1 aromatic rings. The van der Waals surface area contributed by atoms with Crippen molar-refractivity contribution >= 4 is 38.5 Å². The van der Waals surface area contributed by atoms with Crippen LogP contribution in [0.15, 0.2) is 27.7 Å². The Balaban J connectivity index is 2.12. The summed E-state index contributed by atoms with van der Waals surface area (Å²) in [5.41, 5.74) is 2.34. The monoisotopic (exact) mass is 312 g/mol. The molecule has 1 aromatic carbocycles. The van der Waals surface area contributed by atoms with E-state index < -0.39 is 0 Å². The Labute approximate surface area is 115 Å². The Morgan fingerprint density at radius 3 is 2.82 bits per heavy atom. The van der Waals surface area contributed by atoms with Crippen LogP contribution in [0.1, 0.15) is 25.8 Å². The lowest BCUT2D eigenvalue weighted by atomic mass is 10.2. The summed E-state index contributed by atoms with van der Waals surface area (Å²) in [5, 5.41) is 5.06. The summed E-state index contributed by atoms with van der Waals surface area (Å²) in [5.74, 6) is 0. The molecule has 2 nitrogen and oxygen atoms in total. The van der Waals surface area contributed by atoms with Gasteiger partial charge in [-0.3, -0.25) is 4.99 Å². The van der Waals surface area contributed by atoms with Gasteiger partial charge in [0.15, 0.2) is 5.17 Å². The van der Waals surface area contributed by atoms with Crippen LogP contribution in [-0.4, -0.2) is 16.5 Å². The molecule has 0 fully saturated rings. The van der Waals surface area contributed by atoms with Crippen molar-refractivity contribution in [3.05, 3.63) is 28.2 Å². The first-order valence-electron chi connectivity index (χ1n) is 5.82. The van der Waals surface area contributed by atoms with Crippen LogP contribution in [0.3, 0.4) is 0 Å². The van der Waals surface area contributed by atoms with Crippen molar-refractivity contribution in [1.29, 1.82) is 0 Å². The highest BCUT2D eigenvalue weighted by molar-refractivity contribution is 9.10. The molecular formula is C13H17BrN2S. The van der Waals surface area contributed by atoms with Gasteiger partial charge in [-0.2, -0.15) is 0 Å².